The Kier molecular flexibility index (Phi) is 8.01. The smallest absolute Gasteiger partial charge is 0.374 e. The van der Waals surface area contributed by atoms with E-state index in [0.29, 0.717) is 6.42 Å². The summed E-state index contributed by atoms with van der Waals surface area (Å²) >= 11 is 0. The number of hydrogen-bond donors (Lipinski definition) is 0. The summed E-state index contributed by atoms with van der Waals surface area (Å²) in [6.07, 6.45) is 3.15. The lowest BCUT2D eigenvalue weighted by molar-refractivity contribution is -0.156. The van der Waals surface area contributed by atoms with Crippen LogP contribution in [-0.4, -0.2) is 31.4 Å². The number of carbonyl (C=O) groups excluding carboxylic acids is 3. The van der Waals surface area contributed by atoms with E-state index in [2.05, 4.69) is 4.74 Å². The number of carbonyl (C=O) groups is 3. The van der Waals surface area contributed by atoms with Crippen molar-refractivity contribution < 1.29 is 23.9 Å². The minimum Gasteiger partial charge on any atom is -0.465 e. The third-order valence-electron chi connectivity index (χ3n) is 2.31. The average molecular weight is 244 g/mol. The second kappa shape index (κ2) is 8.73. The summed E-state index contributed by atoms with van der Waals surface area (Å²) in [5.41, 5.74) is 0. The molecule has 5 heteroatoms. The van der Waals surface area contributed by atoms with Gasteiger partial charge in [-0.25, -0.2) is 4.79 Å². The van der Waals surface area contributed by atoms with E-state index >= 15 is 0 Å². The molecule has 1 atom stereocenters. The van der Waals surface area contributed by atoms with Gasteiger partial charge in [-0.2, -0.15) is 0 Å². The molecular formula is C12H20O5. The summed E-state index contributed by atoms with van der Waals surface area (Å²) in [4.78, 5) is 33.4. The molecule has 0 aromatic rings. The van der Waals surface area contributed by atoms with Crippen LogP contribution in [-0.2, 0) is 23.9 Å². The van der Waals surface area contributed by atoms with Gasteiger partial charge in [0.1, 0.15) is 6.61 Å². The third kappa shape index (κ3) is 6.71. The minimum absolute atomic E-state index is 0.0705. The molecule has 0 N–H and O–H groups in total. The molecule has 0 heterocycles. The molecule has 0 aliphatic heterocycles. The Morgan fingerprint density at radius 2 is 1.82 bits per heavy atom. The van der Waals surface area contributed by atoms with E-state index in [1.807, 2.05) is 6.92 Å². The number of methoxy groups -OCH3 is 1. The number of rotatable bonds is 8. The Balaban J connectivity index is 3.83. The van der Waals surface area contributed by atoms with Crippen LogP contribution in [0.2, 0.25) is 0 Å². The predicted molar refractivity (Wildman–Crippen MR) is 61.3 cm³/mol. The number of esters is 2. The van der Waals surface area contributed by atoms with Crippen molar-refractivity contribution in [3.05, 3.63) is 0 Å². The molecule has 5 nitrogen and oxygen atoms in total. The maximum absolute atomic E-state index is 11.3. The zero-order valence-electron chi connectivity index (χ0n) is 10.7. The van der Waals surface area contributed by atoms with Gasteiger partial charge in [0.05, 0.1) is 13.0 Å². The van der Waals surface area contributed by atoms with Crippen LogP contribution in [0.25, 0.3) is 0 Å². The Hall–Kier alpha value is -1.39. The molecule has 0 aromatic carbocycles. The molecule has 0 aromatic heterocycles. The van der Waals surface area contributed by atoms with Crippen molar-refractivity contribution in [2.24, 2.45) is 5.92 Å². The van der Waals surface area contributed by atoms with Crippen LogP contribution >= 0.6 is 0 Å². The number of hydrogen-bond acceptors (Lipinski definition) is 5. The highest BCUT2D eigenvalue weighted by molar-refractivity contribution is 6.34. The Bertz CT molecular complexity index is 272. The van der Waals surface area contributed by atoms with E-state index in [-0.39, 0.29) is 12.6 Å². The molecule has 0 saturated carbocycles. The molecule has 0 aliphatic carbocycles. The van der Waals surface area contributed by atoms with Crippen LogP contribution in [0.4, 0.5) is 0 Å². The lowest BCUT2D eigenvalue weighted by Crippen LogP contribution is -2.27. The molecule has 0 aliphatic rings. The first-order valence-corrected chi connectivity index (χ1v) is 5.80. The first kappa shape index (κ1) is 15.6. The molecule has 0 radical (unpaired) electrons. The van der Waals surface area contributed by atoms with Gasteiger partial charge < -0.3 is 9.47 Å². The highest BCUT2D eigenvalue weighted by atomic mass is 16.5. The van der Waals surface area contributed by atoms with E-state index in [1.165, 1.54) is 6.92 Å². The van der Waals surface area contributed by atoms with Crippen LogP contribution in [0, 0.1) is 5.92 Å². The van der Waals surface area contributed by atoms with Gasteiger partial charge in [-0.05, 0) is 6.42 Å². The van der Waals surface area contributed by atoms with E-state index in [4.69, 9.17) is 4.74 Å². The summed E-state index contributed by atoms with van der Waals surface area (Å²) < 4.78 is 9.19. The van der Waals surface area contributed by atoms with E-state index < -0.39 is 17.7 Å². The molecule has 0 saturated heterocycles. The standard InChI is InChI=1S/C12H20O5/c1-4-5-6-7-10(13)17-8-9(2)11(14)12(15)16-3/h9H,4-8H2,1-3H3. The average Bonchev–Trinajstić information content (AvgIpc) is 2.34. The molecule has 0 amide bonds. The number of ketones is 1. The Morgan fingerprint density at radius 3 is 2.35 bits per heavy atom. The molecule has 0 bridgehead atoms. The summed E-state index contributed by atoms with van der Waals surface area (Å²) in [6, 6.07) is 0. The van der Waals surface area contributed by atoms with Gasteiger partial charge in [-0.3, -0.25) is 9.59 Å². The maximum Gasteiger partial charge on any atom is 0.374 e. The number of unbranched alkanes of at least 4 members (excludes halogenated alkanes) is 2. The first-order valence-electron chi connectivity index (χ1n) is 5.80. The molecule has 0 fully saturated rings. The number of Topliss-reactive ketones (excluding diaryl/α,β-unsaturated/α-hetero) is 1. The number of ether oxygens (including phenoxy) is 2. The molecule has 17 heavy (non-hydrogen) atoms. The van der Waals surface area contributed by atoms with E-state index in [9.17, 15) is 14.4 Å². The largest absolute Gasteiger partial charge is 0.465 e. The van der Waals surface area contributed by atoms with Crippen molar-refractivity contribution in [1.29, 1.82) is 0 Å². The lowest BCUT2D eigenvalue weighted by atomic mass is 10.1. The fourth-order valence-corrected chi connectivity index (χ4v) is 1.19. The summed E-state index contributed by atoms with van der Waals surface area (Å²) in [6.45, 7) is 3.50. The monoisotopic (exact) mass is 244 g/mol. The van der Waals surface area contributed by atoms with Crippen LogP contribution < -0.4 is 0 Å². The quantitative estimate of drug-likeness (QED) is 0.367. The normalized spacial score (nSPS) is 11.7. The van der Waals surface area contributed by atoms with Crippen molar-refractivity contribution in [3.63, 3.8) is 0 Å². The molecule has 0 spiro atoms. The second-order valence-electron chi connectivity index (χ2n) is 3.90. The van der Waals surface area contributed by atoms with Crippen LogP contribution in [0.3, 0.4) is 0 Å². The SMILES string of the molecule is CCCCCC(=O)OCC(C)C(=O)C(=O)OC. The fraction of sp³-hybridized carbons (Fsp3) is 0.750. The van der Waals surface area contributed by atoms with E-state index in [0.717, 1.165) is 26.4 Å². The van der Waals surface area contributed by atoms with Crippen molar-refractivity contribution >= 4 is 17.7 Å². The van der Waals surface area contributed by atoms with E-state index in [1.54, 1.807) is 0 Å². The summed E-state index contributed by atoms with van der Waals surface area (Å²) in [5, 5.41) is 0. The molecule has 98 valence electrons. The third-order valence-corrected chi connectivity index (χ3v) is 2.31. The maximum atomic E-state index is 11.3. The highest BCUT2D eigenvalue weighted by Crippen LogP contribution is 2.04. The zero-order chi connectivity index (χ0) is 13.3. The topological polar surface area (TPSA) is 69.7 Å². The summed E-state index contributed by atoms with van der Waals surface area (Å²) in [5.74, 6) is -2.56. The summed E-state index contributed by atoms with van der Waals surface area (Å²) in [7, 11) is 1.14. The van der Waals surface area contributed by atoms with Crippen molar-refractivity contribution in [2.75, 3.05) is 13.7 Å². The van der Waals surface area contributed by atoms with Crippen molar-refractivity contribution in [2.45, 2.75) is 39.5 Å². The molecule has 1 unspecified atom stereocenters. The van der Waals surface area contributed by atoms with Gasteiger partial charge in [-0.15, -0.1) is 0 Å². The van der Waals surface area contributed by atoms with Crippen LogP contribution in [0.15, 0.2) is 0 Å². The molecule has 0 rings (SSSR count). The van der Waals surface area contributed by atoms with Crippen LogP contribution in [0.5, 0.6) is 0 Å². The Morgan fingerprint density at radius 1 is 1.18 bits per heavy atom. The van der Waals surface area contributed by atoms with Gasteiger partial charge >= 0.3 is 11.9 Å². The first-order chi connectivity index (χ1) is 8.02. The van der Waals surface area contributed by atoms with Gasteiger partial charge in [0, 0.05) is 6.42 Å². The predicted octanol–water partition coefficient (Wildman–Crippen LogP) is 1.49. The van der Waals surface area contributed by atoms with Crippen molar-refractivity contribution in [3.8, 4) is 0 Å². The zero-order valence-corrected chi connectivity index (χ0v) is 10.7. The van der Waals surface area contributed by atoms with Gasteiger partial charge in [-0.1, -0.05) is 26.7 Å². The van der Waals surface area contributed by atoms with Gasteiger partial charge in [0.2, 0.25) is 5.78 Å². The van der Waals surface area contributed by atoms with Crippen molar-refractivity contribution in [1.82, 2.24) is 0 Å². The highest BCUT2D eigenvalue weighted by Gasteiger charge is 2.23. The lowest BCUT2D eigenvalue weighted by Gasteiger charge is -2.09. The van der Waals surface area contributed by atoms with Gasteiger partial charge in [0.25, 0.3) is 0 Å². The Labute approximate surface area is 101 Å². The fourth-order valence-electron chi connectivity index (χ4n) is 1.19. The van der Waals surface area contributed by atoms with Crippen LogP contribution in [0.1, 0.15) is 39.5 Å². The minimum atomic E-state index is -0.903. The second-order valence-corrected chi connectivity index (χ2v) is 3.90. The molecular weight excluding hydrogens is 224 g/mol. The van der Waals surface area contributed by atoms with Gasteiger partial charge in [0.15, 0.2) is 0 Å².